The highest BCUT2D eigenvalue weighted by Crippen LogP contribution is 2.40. The monoisotopic (exact) mass is 428 g/mol. The Balaban J connectivity index is 2.13. The Labute approximate surface area is 182 Å². The first-order valence-electron chi connectivity index (χ1n) is 10.0. The SMILES string of the molecule is CCCCCOc1cc(-c2ccc(F)cc2)c(-c2ccc(OC)cc2Cl)nc1NC. The normalized spacial score (nSPS) is 10.7. The zero-order valence-electron chi connectivity index (χ0n) is 17.5. The van der Waals surface area contributed by atoms with Gasteiger partial charge in [0.15, 0.2) is 11.6 Å². The molecular formula is C24H26ClFN2O2. The molecule has 0 amide bonds. The lowest BCUT2D eigenvalue weighted by molar-refractivity contribution is 0.307. The number of ether oxygens (including phenoxy) is 2. The standard InChI is InChI=1S/C24H26ClFN2O2/c1-4-5-6-13-30-22-15-20(16-7-9-17(26)10-8-16)23(28-24(22)27-2)19-12-11-18(29-3)14-21(19)25/h7-12,14-15H,4-6,13H2,1-3H3,(H,27,28). The third kappa shape index (κ3) is 5.03. The van der Waals surface area contributed by atoms with Gasteiger partial charge in [-0.2, -0.15) is 0 Å². The highest BCUT2D eigenvalue weighted by molar-refractivity contribution is 6.33. The quantitative estimate of drug-likeness (QED) is 0.379. The Bertz CT molecular complexity index is 993. The van der Waals surface area contributed by atoms with Crippen molar-refractivity contribution in [2.75, 3.05) is 26.1 Å². The van der Waals surface area contributed by atoms with Crippen molar-refractivity contribution in [2.45, 2.75) is 26.2 Å². The van der Waals surface area contributed by atoms with Crippen LogP contribution in [0, 0.1) is 5.82 Å². The van der Waals surface area contributed by atoms with Crippen LogP contribution in [-0.4, -0.2) is 25.7 Å². The van der Waals surface area contributed by atoms with E-state index in [1.54, 1.807) is 32.4 Å². The molecule has 1 heterocycles. The highest BCUT2D eigenvalue weighted by Gasteiger charge is 2.18. The minimum absolute atomic E-state index is 0.293. The molecule has 2 aromatic carbocycles. The molecule has 0 bridgehead atoms. The average molecular weight is 429 g/mol. The predicted molar refractivity (Wildman–Crippen MR) is 121 cm³/mol. The number of anilines is 1. The van der Waals surface area contributed by atoms with Gasteiger partial charge in [0.05, 0.1) is 24.4 Å². The summed E-state index contributed by atoms with van der Waals surface area (Å²) in [4.78, 5) is 4.82. The van der Waals surface area contributed by atoms with Gasteiger partial charge in [0.2, 0.25) is 0 Å². The van der Waals surface area contributed by atoms with Gasteiger partial charge in [0.1, 0.15) is 11.6 Å². The lowest BCUT2D eigenvalue weighted by Crippen LogP contribution is -2.04. The van der Waals surface area contributed by atoms with E-state index in [1.807, 2.05) is 18.2 Å². The van der Waals surface area contributed by atoms with Crippen LogP contribution >= 0.6 is 11.6 Å². The second-order valence-electron chi connectivity index (χ2n) is 6.89. The lowest BCUT2D eigenvalue weighted by Gasteiger charge is -2.17. The van der Waals surface area contributed by atoms with Crippen molar-refractivity contribution in [1.82, 2.24) is 4.98 Å². The number of pyridine rings is 1. The number of methoxy groups -OCH3 is 1. The maximum Gasteiger partial charge on any atom is 0.169 e. The second-order valence-corrected chi connectivity index (χ2v) is 7.30. The van der Waals surface area contributed by atoms with Crippen LogP contribution in [0.1, 0.15) is 26.2 Å². The zero-order valence-corrected chi connectivity index (χ0v) is 18.2. The van der Waals surface area contributed by atoms with Crippen LogP contribution in [0.5, 0.6) is 11.5 Å². The third-order valence-electron chi connectivity index (χ3n) is 4.82. The van der Waals surface area contributed by atoms with Crippen LogP contribution in [0.25, 0.3) is 22.4 Å². The highest BCUT2D eigenvalue weighted by atomic mass is 35.5. The first-order chi connectivity index (χ1) is 14.6. The molecule has 0 fully saturated rings. The Kier molecular flexibility index (Phi) is 7.52. The Hall–Kier alpha value is -2.79. The molecular weight excluding hydrogens is 403 g/mol. The van der Waals surface area contributed by atoms with Crippen molar-refractivity contribution in [1.29, 1.82) is 0 Å². The summed E-state index contributed by atoms with van der Waals surface area (Å²) in [6, 6.07) is 13.7. The van der Waals surface area contributed by atoms with Crippen molar-refractivity contribution < 1.29 is 13.9 Å². The summed E-state index contributed by atoms with van der Waals surface area (Å²) in [6.45, 7) is 2.76. The van der Waals surface area contributed by atoms with E-state index in [0.29, 0.717) is 34.6 Å². The summed E-state index contributed by atoms with van der Waals surface area (Å²) in [5.41, 5.74) is 3.07. The average Bonchev–Trinajstić information content (AvgIpc) is 2.77. The van der Waals surface area contributed by atoms with Crippen molar-refractivity contribution in [3.63, 3.8) is 0 Å². The van der Waals surface area contributed by atoms with Crippen molar-refractivity contribution in [3.8, 4) is 33.9 Å². The van der Waals surface area contributed by atoms with E-state index in [1.165, 1.54) is 12.1 Å². The van der Waals surface area contributed by atoms with Gasteiger partial charge in [-0.05, 0) is 48.4 Å². The maximum absolute atomic E-state index is 13.5. The molecule has 0 aliphatic carbocycles. The Morgan fingerprint density at radius 3 is 2.43 bits per heavy atom. The summed E-state index contributed by atoms with van der Waals surface area (Å²) < 4.78 is 24.8. The second kappa shape index (κ2) is 10.3. The van der Waals surface area contributed by atoms with E-state index < -0.39 is 0 Å². The molecule has 3 aromatic rings. The number of halogens is 2. The van der Waals surface area contributed by atoms with Gasteiger partial charge in [-0.25, -0.2) is 9.37 Å². The van der Waals surface area contributed by atoms with E-state index in [4.69, 9.17) is 26.1 Å². The van der Waals surface area contributed by atoms with Gasteiger partial charge >= 0.3 is 0 Å². The summed E-state index contributed by atoms with van der Waals surface area (Å²) in [5.74, 6) is 1.65. The molecule has 4 nitrogen and oxygen atoms in total. The molecule has 3 rings (SSSR count). The lowest BCUT2D eigenvalue weighted by atomic mass is 9.98. The molecule has 0 saturated heterocycles. The number of hydrogen-bond acceptors (Lipinski definition) is 4. The minimum Gasteiger partial charge on any atom is -0.497 e. The topological polar surface area (TPSA) is 43.4 Å². The van der Waals surface area contributed by atoms with Crippen molar-refractivity contribution in [2.24, 2.45) is 0 Å². The van der Waals surface area contributed by atoms with E-state index in [-0.39, 0.29) is 5.82 Å². The maximum atomic E-state index is 13.5. The first kappa shape index (κ1) is 21.9. The van der Waals surface area contributed by atoms with Gasteiger partial charge in [-0.3, -0.25) is 0 Å². The molecule has 0 radical (unpaired) electrons. The predicted octanol–water partition coefficient (Wildman–Crippen LogP) is 6.83. The fraction of sp³-hybridized carbons (Fsp3) is 0.292. The van der Waals surface area contributed by atoms with E-state index in [0.717, 1.165) is 36.0 Å². The van der Waals surface area contributed by atoms with Crippen LogP contribution in [0.2, 0.25) is 5.02 Å². The van der Waals surface area contributed by atoms with E-state index >= 15 is 0 Å². The smallest absolute Gasteiger partial charge is 0.169 e. The van der Waals surface area contributed by atoms with Gasteiger partial charge in [0, 0.05) is 18.2 Å². The molecule has 158 valence electrons. The number of nitrogens with zero attached hydrogens (tertiary/aromatic N) is 1. The number of nitrogens with one attached hydrogen (secondary N) is 1. The molecule has 6 heteroatoms. The van der Waals surface area contributed by atoms with Gasteiger partial charge in [-0.15, -0.1) is 0 Å². The fourth-order valence-corrected chi connectivity index (χ4v) is 3.45. The number of aromatic nitrogens is 1. The molecule has 0 aliphatic rings. The van der Waals surface area contributed by atoms with Crippen molar-refractivity contribution >= 4 is 17.4 Å². The third-order valence-corrected chi connectivity index (χ3v) is 5.13. The largest absolute Gasteiger partial charge is 0.497 e. The summed E-state index contributed by atoms with van der Waals surface area (Å²) in [7, 11) is 3.40. The summed E-state index contributed by atoms with van der Waals surface area (Å²) in [6.07, 6.45) is 3.19. The zero-order chi connectivity index (χ0) is 21.5. The van der Waals surface area contributed by atoms with Crippen LogP contribution in [0.4, 0.5) is 10.2 Å². The molecule has 0 spiro atoms. The van der Waals surface area contributed by atoms with Gasteiger partial charge in [-0.1, -0.05) is 43.5 Å². The van der Waals surface area contributed by atoms with Gasteiger partial charge in [0.25, 0.3) is 0 Å². The van der Waals surface area contributed by atoms with Crippen LogP contribution in [-0.2, 0) is 0 Å². The number of hydrogen-bond donors (Lipinski definition) is 1. The van der Waals surface area contributed by atoms with Crippen LogP contribution in [0.15, 0.2) is 48.5 Å². The molecule has 0 atom stereocenters. The summed E-state index contributed by atoms with van der Waals surface area (Å²) in [5, 5.41) is 3.63. The molecule has 0 saturated carbocycles. The first-order valence-corrected chi connectivity index (χ1v) is 10.4. The fourth-order valence-electron chi connectivity index (χ4n) is 3.19. The van der Waals surface area contributed by atoms with E-state index in [2.05, 4.69) is 12.2 Å². The molecule has 1 N–H and O–H groups in total. The Morgan fingerprint density at radius 2 is 1.80 bits per heavy atom. The van der Waals surface area contributed by atoms with Gasteiger partial charge < -0.3 is 14.8 Å². The summed E-state index contributed by atoms with van der Waals surface area (Å²) >= 11 is 6.55. The number of benzene rings is 2. The number of rotatable bonds is 9. The molecule has 1 aromatic heterocycles. The van der Waals surface area contributed by atoms with Crippen molar-refractivity contribution in [3.05, 3.63) is 59.4 Å². The van der Waals surface area contributed by atoms with Crippen LogP contribution in [0.3, 0.4) is 0 Å². The number of unbranched alkanes of at least 4 members (excludes halogenated alkanes) is 2. The molecule has 30 heavy (non-hydrogen) atoms. The van der Waals surface area contributed by atoms with Crippen LogP contribution < -0.4 is 14.8 Å². The molecule has 0 aliphatic heterocycles. The van der Waals surface area contributed by atoms with E-state index in [9.17, 15) is 4.39 Å². The molecule has 0 unspecified atom stereocenters. The minimum atomic E-state index is -0.293. The Morgan fingerprint density at radius 1 is 1.03 bits per heavy atom.